The predicted molar refractivity (Wildman–Crippen MR) is 81.8 cm³/mol. The van der Waals surface area contributed by atoms with Gasteiger partial charge in [0, 0.05) is 22.5 Å². The summed E-state index contributed by atoms with van der Waals surface area (Å²) in [6.45, 7) is 0. The molecule has 0 saturated heterocycles. The van der Waals surface area contributed by atoms with E-state index in [0.717, 1.165) is 27.2 Å². The Morgan fingerprint density at radius 2 is 2.14 bits per heavy atom. The van der Waals surface area contributed by atoms with Crippen LogP contribution in [-0.4, -0.2) is 17.1 Å². The molecule has 0 aliphatic rings. The minimum atomic E-state index is -0.418. The summed E-state index contributed by atoms with van der Waals surface area (Å²) in [4.78, 5) is 14.4. The zero-order chi connectivity index (χ0) is 14.7. The summed E-state index contributed by atoms with van der Waals surface area (Å²) < 4.78 is 0. The molecule has 0 aliphatic heterocycles. The van der Waals surface area contributed by atoms with Crippen molar-refractivity contribution in [1.29, 1.82) is 5.26 Å². The number of rotatable bonds is 3. The van der Waals surface area contributed by atoms with Gasteiger partial charge < -0.3 is 4.98 Å². The van der Waals surface area contributed by atoms with Crippen LogP contribution in [0.4, 0.5) is 0 Å². The highest BCUT2D eigenvalue weighted by Crippen LogP contribution is 2.25. The van der Waals surface area contributed by atoms with Crippen LogP contribution in [0, 0.1) is 11.3 Å². The molecule has 21 heavy (non-hydrogen) atoms. The second-order valence-corrected chi connectivity index (χ2v) is 4.58. The Morgan fingerprint density at radius 1 is 1.29 bits per heavy atom. The number of nitriles is 1. The minimum Gasteiger partial charge on any atom is -0.360 e. The molecule has 0 fully saturated rings. The Morgan fingerprint density at radius 3 is 3.00 bits per heavy atom. The molecule has 0 spiro atoms. The van der Waals surface area contributed by atoms with Gasteiger partial charge in [-0.15, -0.1) is 0 Å². The van der Waals surface area contributed by atoms with E-state index < -0.39 is 5.91 Å². The van der Waals surface area contributed by atoms with E-state index >= 15 is 0 Å². The Bertz CT molecular complexity index is 886. The zero-order valence-electron chi connectivity index (χ0n) is 11.1. The number of nitrogens with zero attached hydrogens (tertiary/aromatic N) is 2. The summed E-state index contributed by atoms with van der Waals surface area (Å²) in [7, 11) is 0. The van der Waals surface area contributed by atoms with Crippen LogP contribution < -0.4 is 5.43 Å². The van der Waals surface area contributed by atoms with E-state index in [-0.39, 0.29) is 6.42 Å². The monoisotopic (exact) mass is 276 g/mol. The molecule has 2 N–H and O–H groups in total. The number of hydrogen-bond acceptors (Lipinski definition) is 3. The third kappa shape index (κ3) is 2.47. The minimum absolute atomic E-state index is 0.199. The van der Waals surface area contributed by atoms with Gasteiger partial charge in [0.15, 0.2) is 0 Å². The smallest absolute Gasteiger partial charge is 0.254 e. The average Bonchev–Trinajstić information content (AvgIpc) is 2.91. The number of nitrogens with one attached hydrogen (secondary N) is 2. The van der Waals surface area contributed by atoms with Gasteiger partial charge in [-0.3, -0.25) is 4.79 Å². The maximum atomic E-state index is 11.2. The van der Waals surface area contributed by atoms with Gasteiger partial charge in [0.05, 0.1) is 17.8 Å². The van der Waals surface area contributed by atoms with Gasteiger partial charge in [-0.05, 0) is 5.39 Å². The molecule has 3 rings (SSSR count). The third-order valence-corrected chi connectivity index (χ3v) is 3.24. The van der Waals surface area contributed by atoms with E-state index in [0.29, 0.717) is 0 Å². The molecule has 1 heterocycles. The van der Waals surface area contributed by atoms with Crippen molar-refractivity contribution in [1.82, 2.24) is 10.4 Å². The summed E-state index contributed by atoms with van der Waals surface area (Å²) in [6.07, 6.45) is 3.22. The van der Waals surface area contributed by atoms with E-state index in [9.17, 15) is 4.79 Å². The summed E-state index contributed by atoms with van der Waals surface area (Å²) in [5.41, 5.74) is 4.24. The number of carbonyl (C=O) groups excluding carboxylic acids is 1. The fourth-order valence-corrected chi connectivity index (χ4v) is 2.29. The molecule has 5 heteroatoms. The zero-order valence-corrected chi connectivity index (χ0v) is 11.1. The number of benzene rings is 2. The fourth-order valence-electron chi connectivity index (χ4n) is 2.29. The number of fused-ring (bicyclic) bond motifs is 3. The quantitative estimate of drug-likeness (QED) is 0.569. The van der Waals surface area contributed by atoms with E-state index in [1.807, 2.05) is 24.4 Å². The Kier molecular flexibility index (Phi) is 3.36. The molecule has 0 saturated carbocycles. The summed E-state index contributed by atoms with van der Waals surface area (Å²) in [5, 5.41) is 15.6. The molecule has 1 aromatic heterocycles. The van der Waals surface area contributed by atoms with Gasteiger partial charge >= 0.3 is 0 Å². The Labute approximate surface area is 120 Å². The first kappa shape index (κ1) is 12.9. The molecule has 0 unspecified atom stereocenters. The summed E-state index contributed by atoms with van der Waals surface area (Å²) in [5.74, 6) is -0.418. The molecule has 0 radical (unpaired) electrons. The van der Waals surface area contributed by atoms with Crippen molar-refractivity contribution in [3.05, 3.63) is 48.2 Å². The number of H-pyrrole nitrogens is 1. The SMILES string of the molecule is N#CCC(=O)N/N=C/c1c[nH]c2c1ccc1ccccc12. The van der Waals surface area contributed by atoms with Crippen LogP contribution in [0.5, 0.6) is 0 Å². The number of aromatic nitrogens is 1. The number of aromatic amines is 1. The van der Waals surface area contributed by atoms with Crippen LogP contribution in [0.25, 0.3) is 21.7 Å². The van der Waals surface area contributed by atoms with Crippen LogP contribution in [0.15, 0.2) is 47.7 Å². The van der Waals surface area contributed by atoms with Crippen molar-refractivity contribution in [2.75, 3.05) is 0 Å². The lowest BCUT2D eigenvalue weighted by Crippen LogP contribution is -2.16. The topological polar surface area (TPSA) is 81.0 Å². The molecule has 0 aliphatic carbocycles. The van der Waals surface area contributed by atoms with Gasteiger partial charge in [-0.2, -0.15) is 10.4 Å². The molecule has 0 atom stereocenters. The number of hydrogen-bond donors (Lipinski definition) is 2. The maximum Gasteiger partial charge on any atom is 0.254 e. The third-order valence-electron chi connectivity index (χ3n) is 3.24. The maximum absolute atomic E-state index is 11.2. The van der Waals surface area contributed by atoms with Gasteiger partial charge in [-0.1, -0.05) is 36.4 Å². The van der Waals surface area contributed by atoms with E-state index in [1.54, 1.807) is 12.3 Å². The molecular weight excluding hydrogens is 264 g/mol. The molecule has 5 nitrogen and oxygen atoms in total. The first-order valence-electron chi connectivity index (χ1n) is 6.47. The summed E-state index contributed by atoms with van der Waals surface area (Å²) >= 11 is 0. The van der Waals surface area contributed by atoms with Crippen LogP contribution >= 0.6 is 0 Å². The van der Waals surface area contributed by atoms with Crippen molar-refractivity contribution in [3.63, 3.8) is 0 Å². The first-order valence-corrected chi connectivity index (χ1v) is 6.47. The van der Waals surface area contributed by atoms with Crippen LogP contribution in [-0.2, 0) is 4.79 Å². The number of hydrazone groups is 1. The normalized spacial score (nSPS) is 11.0. The highest BCUT2D eigenvalue weighted by Gasteiger charge is 2.05. The predicted octanol–water partition coefficient (Wildman–Crippen LogP) is 2.68. The second kappa shape index (κ2) is 5.47. The highest BCUT2D eigenvalue weighted by molar-refractivity contribution is 6.11. The Balaban J connectivity index is 1.94. The van der Waals surface area contributed by atoms with Gasteiger partial charge in [0.2, 0.25) is 0 Å². The lowest BCUT2D eigenvalue weighted by atomic mass is 10.1. The molecule has 0 bridgehead atoms. The lowest BCUT2D eigenvalue weighted by Gasteiger charge is -1.99. The van der Waals surface area contributed by atoms with Gasteiger partial charge in [0.25, 0.3) is 5.91 Å². The average molecular weight is 276 g/mol. The molecule has 1 amide bonds. The summed E-state index contributed by atoms with van der Waals surface area (Å²) in [6, 6.07) is 14.0. The molecule has 2 aromatic carbocycles. The Hall–Kier alpha value is -3.13. The fraction of sp³-hybridized carbons (Fsp3) is 0.0625. The van der Waals surface area contributed by atoms with Crippen LogP contribution in [0.2, 0.25) is 0 Å². The first-order chi connectivity index (χ1) is 10.3. The van der Waals surface area contributed by atoms with Crippen molar-refractivity contribution in [3.8, 4) is 6.07 Å². The van der Waals surface area contributed by atoms with Crippen molar-refractivity contribution in [2.45, 2.75) is 6.42 Å². The molecule has 102 valence electrons. The largest absolute Gasteiger partial charge is 0.360 e. The van der Waals surface area contributed by atoms with E-state index in [4.69, 9.17) is 5.26 Å². The van der Waals surface area contributed by atoms with Crippen molar-refractivity contribution >= 4 is 33.8 Å². The number of amides is 1. The van der Waals surface area contributed by atoms with Crippen LogP contribution in [0.1, 0.15) is 12.0 Å². The lowest BCUT2D eigenvalue weighted by molar-refractivity contribution is -0.120. The molecule has 3 aromatic rings. The van der Waals surface area contributed by atoms with E-state index in [2.05, 4.69) is 33.7 Å². The van der Waals surface area contributed by atoms with Crippen molar-refractivity contribution < 1.29 is 4.79 Å². The van der Waals surface area contributed by atoms with Gasteiger partial charge in [-0.25, -0.2) is 5.43 Å². The highest BCUT2D eigenvalue weighted by atomic mass is 16.2. The van der Waals surface area contributed by atoms with Gasteiger partial charge in [0.1, 0.15) is 6.42 Å². The van der Waals surface area contributed by atoms with E-state index in [1.165, 1.54) is 0 Å². The van der Waals surface area contributed by atoms with Crippen LogP contribution in [0.3, 0.4) is 0 Å². The number of carbonyl (C=O) groups is 1. The molecular formula is C16H12N4O. The standard InChI is InChI=1S/C16H12N4O/c17-8-7-15(21)20-19-10-12-9-18-16-13-4-2-1-3-11(13)5-6-14(12)16/h1-6,9-10,18H,7H2,(H,20,21)/b19-10+. The van der Waals surface area contributed by atoms with Crippen molar-refractivity contribution in [2.24, 2.45) is 5.10 Å². The second-order valence-electron chi connectivity index (χ2n) is 4.58.